The molecule has 1 saturated heterocycles. The molecule has 0 spiro atoms. The van der Waals surface area contributed by atoms with Crippen molar-refractivity contribution in [1.29, 1.82) is 0 Å². The van der Waals surface area contributed by atoms with E-state index in [1.54, 1.807) is 13.1 Å². The van der Waals surface area contributed by atoms with Crippen molar-refractivity contribution < 1.29 is 24.0 Å². The predicted molar refractivity (Wildman–Crippen MR) is 118 cm³/mol. The molecule has 4 N–H and O–H groups in total. The first-order chi connectivity index (χ1) is 16.7. The standard InChI is InChI=1S/C21H19N9O5/c1-28-15(22)7-12(26-28)13-8-29(27-25-13)9-17(32)23-11-4-2-3-10-18(11)21(35)30(20(10)34)14-5-6-16(31)24-19(14)33/h2-4,7-8,14H,5-6,9,22H2,1H3,(H,23,32)(H,24,31,33). The minimum absolute atomic E-state index is 0.0123. The topological polar surface area (TPSA) is 187 Å². The van der Waals surface area contributed by atoms with Crippen molar-refractivity contribution in [3.8, 4) is 11.4 Å². The summed E-state index contributed by atoms with van der Waals surface area (Å²) in [5.41, 5.74) is 6.87. The molecule has 35 heavy (non-hydrogen) atoms. The van der Waals surface area contributed by atoms with Crippen LogP contribution in [0, 0.1) is 0 Å². The number of nitrogen functional groups attached to an aromatic ring is 1. The van der Waals surface area contributed by atoms with Crippen molar-refractivity contribution in [3.63, 3.8) is 0 Å². The molecular formula is C21H19N9O5. The van der Waals surface area contributed by atoms with Gasteiger partial charge in [0.25, 0.3) is 11.8 Å². The monoisotopic (exact) mass is 477 g/mol. The van der Waals surface area contributed by atoms with E-state index in [0.717, 1.165) is 4.90 Å². The second-order valence-electron chi connectivity index (χ2n) is 8.10. The second kappa shape index (κ2) is 8.16. The van der Waals surface area contributed by atoms with Crippen LogP contribution in [0.5, 0.6) is 0 Å². The molecule has 14 nitrogen and oxygen atoms in total. The van der Waals surface area contributed by atoms with Gasteiger partial charge in [-0.05, 0) is 18.6 Å². The number of carbonyl (C=O) groups excluding carboxylic acids is 5. The minimum atomic E-state index is -1.10. The zero-order chi connectivity index (χ0) is 24.9. The summed E-state index contributed by atoms with van der Waals surface area (Å²) in [7, 11) is 1.68. The van der Waals surface area contributed by atoms with Gasteiger partial charge in [-0.25, -0.2) is 4.68 Å². The van der Waals surface area contributed by atoms with Crippen LogP contribution in [0.15, 0.2) is 30.5 Å². The number of fused-ring (bicyclic) bond motifs is 1. The zero-order valence-electron chi connectivity index (χ0n) is 18.4. The van der Waals surface area contributed by atoms with E-state index >= 15 is 0 Å². The maximum atomic E-state index is 13.1. The Morgan fingerprint density at radius 3 is 2.71 bits per heavy atom. The molecule has 0 radical (unpaired) electrons. The smallest absolute Gasteiger partial charge is 0.264 e. The van der Waals surface area contributed by atoms with Crippen LogP contribution in [0.4, 0.5) is 11.5 Å². The molecule has 3 aromatic rings. The van der Waals surface area contributed by atoms with Gasteiger partial charge in [-0.15, -0.1) is 5.10 Å². The van der Waals surface area contributed by atoms with Gasteiger partial charge in [-0.3, -0.25) is 38.9 Å². The lowest BCUT2D eigenvalue weighted by atomic mass is 10.0. The number of amides is 5. The van der Waals surface area contributed by atoms with E-state index in [2.05, 4.69) is 26.0 Å². The first-order valence-electron chi connectivity index (χ1n) is 10.6. The molecule has 1 fully saturated rings. The largest absolute Gasteiger partial charge is 0.384 e. The van der Waals surface area contributed by atoms with E-state index in [1.807, 2.05) is 0 Å². The number of anilines is 2. The van der Waals surface area contributed by atoms with Crippen molar-refractivity contribution in [2.75, 3.05) is 11.1 Å². The Kier molecular flexibility index (Phi) is 5.12. The number of hydrogen-bond donors (Lipinski definition) is 3. The zero-order valence-corrected chi connectivity index (χ0v) is 18.4. The highest BCUT2D eigenvalue weighted by molar-refractivity contribution is 6.26. The third kappa shape index (κ3) is 3.80. The van der Waals surface area contributed by atoms with E-state index in [1.165, 1.54) is 33.8 Å². The highest BCUT2D eigenvalue weighted by atomic mass is 16.2. The van der Waals surface area contributed by atoms with Crippen molar-refractivity contribution in [2.24, 2.45) is 7.05 Å². The van der Waals surface area contributed by atoms with Crippen LogP contribution in [0.2, 0.25) is 0 Å². The van der Waals surface area contributed by atoms with Crippen LogP contribution >= 0.6 is 0 Å². The summed E-state index contributed by atoms with van der Waals surface area (Å²) >= 11 is 0. The van der Waals surface area contributed by atoms with E-state index in [0.29, 0.717) is 17.2 Å². The molecule has 0 aliphatic carbocycles. The molecular weight excluding hydrogens is 458 g/mol. The average Bonchev–Trinajstić information content (AvgIpc) is 3.47. The molecule has 5 rings (SSSR count). The number of benzene rings is 1. The maximum Gasteiger partial charge on any atom is 0.264 e. The predicted octanol–water partition coefficient (Wildman–Crippen LogP) is -0.699. The van der Waals surface area contributed by atoms with E-state index < -0.39 is 35.6 Å². The van der Waals surface area contributed by atoms with Gasteiger partial charge >= 0.3 is 0 Å². The van der Waals surface area contributed by atoms with Gasteiger partial charge in [0.15, 0.2) is 0 Å². The normalized spacial score (nSPS) is 17.5. The number of nitrogens with zero attached hydrogens (tertiary/aromatic N) is 6. The van der Waals surface area contributed by atoms with Gasteiger partial charge in [0.05, 0.1) is 23.0 Å². The highest BCUT2D eigenvalue weighted by Crippen LogP contribution is 2.32. The maximum absolute atomic E-state index is 13.1. The molecule has 2 aliphatic rings. The summed E-state index contributed by atoms with van der Waals surface area (Å²) < 4.78 is 2.77. The number of aryl methyl sites for hydroxylation is 1. The third-order valence-corrected chi connectivity index (χ3v) is 5.76. The average molecular weight is 477 g/mol. The van der Waals surface area contributed by atoms with Crippen LogP contribution in [0.1, 0.15) is 33.6 Å². The van der Waals surface area contributed by atoms with Crippen LogP contribution in [-0.2, 0) is 28.0 Å². The van der Waals surface area contributed by atoms with Crippen molar-refractivity contribution in [3.05, 3.63) is 41.6 Å². The highest BCUT2D eigenvalue weighted by Gasteiger charge is 2.45. The molecule has 2 aromatic heterocycles. The quantitative estimate of drug-likeness (QED) is 0.399. The van der Waals surface area contributed by atoms with Crippen LogP contribution in [0.25, 0.3) is 11.4 Å². The van der Waals surface area contributed by atoms with Gasteiger partial charge in [0.1, 0.15) is 29.8 Å². The summed E-state index contributed by atoms with van der Waals surface area (Å²) in [6.45, 7) is -0.224. The molecule has 178 valence electrons. The fourth-order valence-electron chi connectivity index (χ4n) is 4.06. The number of hydrogen-bond acceptors (Lipinski definition) is 9. The fraction of sp³-hybridized carbons (Fsp3) is 0.238. The summed E-state index contributed by atoms with van der Waals surface area (Å²) in [5.74, 6) is -2.63. The number of carbonyl (C=O) groups is 5. The molecule has 1 atom stereocenters. The second-order valence-corrected chi connectivity index (χ2v) is 8.10. The Morgan fingerprint density at radius 1 is 1.20 bits per heavy atom. The Hall–Kier alpha value is -4.88. The number of aromatic nitrogens is 5. The summed E-state index contributed by atoms with van der Waals surface area (Å²) in [5, 5.41) is 16.9. The van der Waals surface area contributed by atoms with Gasteiger partial charge in [-0.1, -0.05) is 11.3 Å². The Balaban J connectivity index is 1.33. The SMILES string of the molecule is Cn1nc(-c2cn(CC(=O)Nc3cccc4c3C(=O)N(C3CCC(=O)NC3=O)C4=O)nn2)cc1N. The van der Waals surface area contributed by atoms with Gasteiger partial charge in [-0.2, -0.15) is 5.10 Å². The van der Waals surface area contributed by atoms with Crippen LogP contribution in [0.3, 0.4) is 0 Å². The Morgan fingerprint density at radius 2 is 2.00 bits per heavy atom. The molecule has 4 heterocycles. The Labute approximate surface area is 197 Å². The van der Waals surface area contributed by atoms with Crippen molar-refractivity contribution >= 4 is 41.0 Å². The lowest BCUT2D eigenvalue weighted by Gasteiger charge is -2.27. The van der Waals surface area contributed by atoms with Crippen LogP contribution < -0.4 is 16.4 Å². The lowest BCUT2D eigenvalue weighted by molar-refractivity contribution is -0.136. The molecule has 0 saturated carbocycles. The van der Waals surface area contributed by atoms with E-state index in [4.69, 9.17) is 5.73 Å². The van der Waals surface area contributed by atoms with E-state index in [-0.39, 0.29) is 36.2 Å². The molecule has 14 heteroatoms. The Bertz CT molecular complexity index is 1400. The number of imide groups is 2. The fourth-order valence-corrected chi connectivity index (χ4v) is 4.06. The van der Waals surface area contributed by atoms with Gasteiger partial charge in [0, 0.05) is 19.5 Å². The van der Waals surface area contributed by atoms with E-state index in [9.17, 15) is 24.0 Å². The third-order valence-electron chi connectivity index (χ3n) is 5.76. The summed E-state index contributed by atoms with van der Waals surface area (Å²) in [6.07, 6.45) is 1.57. The first-order valence-corrected chi connectivity index (χ1v) is 10.6. The minimum Gasteiger partial charge on any atom is -0.384 e. The first kappa shape index (κ1) is 21.9. The number of nitrogens with one attached hydrogen (secondary N) is 2. The summed E-state index contributed by atoms with van der Waals surface area (Å²) in [4.78, 5) is 63.3. The number of rotatable bonds is 5. The summed E-state index contributed by atoms with van der Waals surface area (Å²) in [6, 6.07) is 4.97. The van der Waals surface area contributed by atoms with Crippen LogP contribution in [-0.4, -0.2) is 65.3 Å². The van der Waals surface area contributed by atoms with Gasteiger partial charge < -0.3 is 11.1 Å². The number of nitrogens with two attached hydrogens (primary N) is 1. The molecule has 5 amide bonds. The molecule has 1 aromatic carbocycles. The van der Waals surface area contributed by atoms with Gasteiger partial charge in [0.2, 0.25) is 17.7 Å². The molecule has 2 aliphatic heterocycles. The van der Waals surface area contributed by atoms with Crippen molar-refractivity contribution in [2.45, 2.75) is 25.4 Å². The number of piperidine rings is 1. The lowest BCUT2D eigenvalue weighted by Crippen LogP contribution is -2.54. The van der Waals surface area contributed by atoms with Crippen molar-refractivity contribution in [1.82, 2.24) is 35.0 Å². The molecule has 1 unspecified atom stereocenters. The molecule has 0 bridgehead atoms.